The second-order valence-electron chi connectivity index (χ2n) is 5.20. The Morgan fingerprint density at radius 1 is 1.33 bits per heavy atom. The third-order valence-electron chi connectivity index (χ3n) is 2.43. The van der Waals surface area contributed by atoms with Gasteiger partial charge in [0, 0.05) is 5.69 Å². The van der Waals surface area contributed by atoms with Crippen molar-refractivity contribution >= 4 is 11.8 Å². The average molecular weight is 246 g/mol. The summed E-state index contributed by atoms with van der Waals surface area (Å²) in [5, 5.41) is 11.6. The number of hydrogen-bond acceptors (Lipinski definition) is 3. The number of nitriles is 1. The molecule has 0 saturated carbocycles. The first-order chi connectivity index (χ1) is 8.23. The van der Waals surface area contributed by atoms with Gasteiger partial charge < -0.3 is 4.74 Å². The van der Waals surface area contributed by atoms with Crippen LogP contribution in [0, 0.1) is 25.2 Å². The number of carbonyl (C=O) groups excluding carboxylic acids is 1. The molecule has 0 fully saturated rings. The number of nitrogens with one attached hydrogen (secondary N) is 1. The van der Waals surface area contributed by atoms with E-state index in [9.17, 15) is 4.79 Å². The van der Waals surface area contributed by atoms with E-state index in [2.05, 4.69) is 11.4 Å². The Labute approximate surface area is 108 Å². The molecule has 1 N–H and O–H groups in total. The number of nitrogens with zero attached hydrogens (tertiary/aromatic N) is 1. The maximum Gasteiger partial charge on any atom is 0.412 e. The summed E-state index contributed by atoms with van der Waals surface area (Å²) in [5.74, 6) is 0. The highest BCUT2D eigenvalue weighted by molar-refractivity contribution is 5.86. The van der Waals surface area contributed by atoms with E-state index in [1.807, 2.05) is 13.8 Å². The lowest BCUT2D eigenvalue weighted by molar-refractivity contribution is 0.0636. The van der Waals surface area contributed by atoms with Crippen LogP contribution in [0.1, 0.15) is 37.5 Å². The third kappa shape index (κ3) is 3.77. The fourth-order valence-corrected chi connectivity index (χ4v) is 1.47. The number of amides is 1. The molecule has 4 heteroatoms. The Kier molecular flexibility index (Phi) is 3.97. The fraction of sp³-hybridized carbons (Fsp3) is 0.429. The van der Waals surface area contributed by atoms with Crippen LogP contribution in [0.15, 0.2) is 12.1 Å². The summed E-state index contributed by atoms with van der Waals surface area (Å²) in [5.41, 5.74) is 2.48. The van der Waals surface area contributed by atoms with Gasteiger partial charge >= 0.3 is 6.09 Å². The molecule has 1 rings (SSSR count). The molecule has 0 aliphatic heterocycles. The predicted octanol–water partition coefficient (Wildman–Crippen LogP) is 3.52. The van der Waals surface area contributed by atoms with Gasteiger partial charge in [-0.15, -0.1) is 0 Å². The number of anilines is 1. The van der Waals surface area contributed by atoms with E-state index in [1.165, 1.54) is 0 Å². The highest BCUT2D eigenvalue weighted by Gasteiger charge is 2.17. The zero-order valence-electron chi connectivity index (χ0n) is 11.4. The van der Waals surface area contributed by atoms with Gasteiger partial charge in [-0.3, -0.25) is 5.32 Å². The molecule has 0 atom stereocenters. The zero-order chi connectivity index (χ0) is 13.9. The van der Waals surface area contributed by atoms with Gasteiger partial charge in [0.05, 0.1) is 11.6 Å². The molecule has 1 amide bonds. The summed E-state index contributed by atoms with van der Waals surface area (Å²) < 4.78 is 5.18. The number of benzene rings is 1. The van der Waals surface area contributed by atoms with Crippen molar-refractivity contribution in [3.05, 3.63) is 28.8 Å². The van der Waals surface area contributed by atoms with Gasteiger partial charge in [-0.1, -0.05) is 0 Å². The van der Waals surface area contributed by atoms with E-state index in [-0.39, 0.29) is 0 Å². The molecule has 0 aromatic heterocycles. The van der Waals surface area contributed by atoms with Crippen LogP contribution in [0.2, 0.25) is 0 Å². The van der Waals surface area contributed by atoms with Crippen molar-refractivity contribution in [2.45, 2.75) is 40.2 Å². The lowest BCUT2D eigenvalue weighted by atomic mass is 10.0. The number of aryl methyl sites for hydroxylation is 1. The molecular weight excluding hydrogens is 228 g/mol. The summed E-state index contributed by atoms with van der Waals surface area (Å²) in [6.07, 6.45) is -0.514. The van der Waals surface area contributed by atoms with E-state index in [1.54, 1.807) is 32.9 Å². The molecule has 0 radical (unpaired) electrons. The van der Waals surface area contributed by atoms with Gasteiger partial charge in [0.1, 0.15) is 5.60 Å². The maximum atomic E-state index is 11.7. The molecule has 0 aliphatic rings. The Morgan fingerprint density at radius 2 is 1.94 bits per heavy atom. The summed E-state index contributed by atoms with van der Waals surface area (Å²) in [4.78, 5) is 11.7. The van der Waals surface area contributed by atoms with Crippen molar-refractivity contribution in [1.82, 2.24) is 0 Å². The second-order valence-corrected chi connectivity index (χ2v) is 5.20. The monoisotopic (exact) mass is 246 g/mol. The molecule has 96 valence electrons. The summed E-state index contributed by atoms with van der Waals surface area (Å²) in [6.45, 7) is 9.20. The van der Waals surface area contributed by atoms with Gasteiger partial charge in [0.25, 0.3) is 0 Å². The summed E-state index contributed by atoms with van der Waals surface area (Å²) >= 11 is 0. The van der Waals surface area contributed by atoms with Crippen LogP contribution in [0.3, 0.4) is 0 Å². The van der Waals surface area contributed by atoms with E-state index < -0.39 is 11.7 Å². The Balaban J connectivity index is 2.95. The van der Waals surface area contributed by atoms with E-state index >= 15 is 0 Å². The molecule has 0 bridgehead atoms. The van der Waals surface area contributed by atoms with Gasteiger partial charge in [0.15, 0.2) is 0 Å². The molecule has 0 heterocycles. The van der Waals surface area contributed by atoms with Gasteiger partial charge in [0.2, 0.25) is 0 Å². The van der Waals surface area contributed by atoms with Crippen molar-refractivity contribution < 1.29 is 9.53 Å². The van der Waals surface area contributed by atoms with Crippen LogP contribution in [-0.2, 0) is 4.74 Å². The average Bonchev–Trinajstić information content (AvgIpc) is 2.21. The number of ether oxygens (including phenoxy) is 1. The first-order valence-electron chi connectivity index (χ1n) is 5.74. The first kappa shape index (κ1) is 14.0. The standard InChI is InChI=1S/C14H18N2O2/c1-9-6-11(8-15)7-12(10(9)2)16-13(17)18-14(3,4)5/h6-7H,1-5H3,(H,16,17). The molecule has 1 aromatic carbocycles. The molecule has 0 spiro atoms. The molecule has 1 aromatic rings. The fourth-order valence-electron chi connectivity index (χ4n) is 1.47. The summed E-state index contributed by atoms with van der Waals surface area (Å²) in [6, 6.07) is 5.50. The highest BCUT2D eigenvalue weighted by atomic mass is 16.6. The topological polar surface area (TPSA) is 62.1 Å². The molecule has 0 aliphatic carbocycles. The van der Waals surface area contributed by atoms with E-state index in [0.29, 0.717) is 11.3 Å². The van der Waals surface area contributed by atoms with Crippen LogP contribution < -0.4 is 5.32 Å². The summed E-state index contributed by atoms with van der Waals surface area (Å²) in [7, 11) is 0. The lowest BCUT2D eigenvalue weighted by Crippen LogP contribution is -2.27. The molecule has 18 heavy (non-hydrogen) atoms. The molecule has 0 unspecified atom stereocenters. The van der Waals surface area contributed by atoms with Crippen molar-refractivity contribution in [3.8, 4) is 6.07 Å². The zero-order valence-corrected chi connectivity index (χ0v) is 11.4. The number of hydrogen-bond donors (Lipinski definition) is 1. The largest absolute Gasteiger partial charge is 0.444 e. The minimum Gasteiger partial charge on any atom is -0.444 e. The highest BCUT2D eigenvalue weighted by Crippen LogP contribution is 2.21. The quantitative estimate of drug-likeness (QED) is 0.824. The Bertz CT molecular complexity index is 508. The van der Waals surface area contributed by atoms with Crippen molar-refractivity contribution in [2.75, 3.05) is 5.32 Å². The van der Waals surface area contributed by atoms with E-state index in [0.717, 1.165) is 11.1 Å². The number of rotatable bonds is 1. The van der Waals surface area contributed by atoms with E-state index in [4.69, 9.17) is 10.00 Å². The van der Waals surface area contributed by atoms with Crippen LogP contribution in [0.4, 0.5) is 10.5 Å². The minimum atomic E-state index is -0.542. The molecule has 4 nitrogen and oxygen atoms in total. The van der Waals surface area contributed by atoms with Crippen molar-refractivity contribution in [1.29, 1.82) is 5.26 Å². The van der Waals surface area contributed by atoms with Crippen LogP contribution in [0.5, 0.6) is 0 Å². The first-order valence-corrected chi connectivity index (χ1v) is 5.74. The third-order valence-corrected chi connectivity index (χ3v) is 2.43. The van der Waals surface area contributed by atoms with Crippen molar-refractivity contribution in [2.24, 2.45) is 0 Å². The number of carbonyl (C=O) groups is 1. The van der Waals surface area contributed by atoms with Gasteiger partial charge in [-0.05, 0) is 57.9 Å². The predicted molar refractivity (Wildman–Crippen MR) is 70.5 cm³/mol. The SMILES string of the molecule is Cc1cc(C#N)cc(NC(=O)OC(C)(C)C)c1C. The smallest absolute Gasteiger partial charge is 0.412 e. The van der Waals surface area contributed by atoms with Crippen LogP contribution >= 0.6 is 0 Å². The molecule has 0 saturated heterocycles. The van der Waals surface area contributed by atoms with Crippen LogP contribution in [-0.4, -0.2) is 11.7 Å². The Hall–Kier alpha value is -2.02. The van der Waals surface area contributed by atoms with Crippen molar-refractivity contribution in [3.63, 3.8) is 0 Å². The maximum absolute atomic E-state index is 11.7. The van der Waals surface area contributed by atoms with Gasteiger partial charge in [-0.2, -0.15) is 5.26 Å². The van der Waals surface area contributed by atoms with Crippen LogP contribution in [0.25, 0.3) is 0 Å². The minimum absolute atomic E-state index is 0.514. The Morgan fingerprint density at radius 3 is 2.44 bits per heavy atom. The second kappa shape index (κ2) is 5.09. The normalized spacial score (nSPS) is 10.7. The molecular formula is C14H18N2O2. The van der Waals surface area contributed by atoms with Gasteiger partial charge in [-0.25, -0.2) is 4.79 Å². The lowest BCUT2D eigenvalue weighted by Gasteiger charge is -2.20.